The number of nitrogens with zero attached hydrogens (tertiary/aromatic N) is 3. The van der Waals surface area contributed by atoms with E-state index in [4.69, 9.17) is 9.97 Å². The SMILES string of the molecule is [2H]C(C)(C)c1cc(-n2c(-c3cc(C(C)C)cc(C(C)C)c3O)nc3c(-c4[c-]c(-c5cc(-c6ccc(-c7ccccc7)cc6)ccn5)cc(C(C)(C)C)c4)cccc32)ccc1-c1ccccc1C(C)(C)C.[Pt]. The fraction of sp³-hybridized carbons (Fsp3) is 0.262. The van der Waals surface area contributed by atoms with Gasteiger partial charge in [0.1, 0.15) is 11.6 Å². The van der Waals surface area contributed by atoms with Gasteiger partial charge in [0.15, 0.2) is 0 Å². The third kappa shape index (κ3) is 9.86. The summed E-state index contributed by atoms with van der Waals surface area (Å²) in [5.74, 6) is 0.229. The van der Waals surface area contributed by atoms with Crippen LogP contribution in [0.5, 0.6) is 5.75 Å². The summed E-state index contributed by atoms with van der Waals surface area (Å²) in [5, 5.41) is 12.3. The molecule has 9 rings (SSSR count). The monoisotopic (exact) mass is 1100 g/mol. The van der Waals surface area contributed by atoms with Gasteiger partial charge in [0.05, 0.1) is 16.6 Å². The Hall–Kier alpha value is -6.35. The largest absolute Gasteiger partial charge is 0.507 e. The molecule has 0 amide bonds. The molecule has 2 aromatic heterocycles. The van der Waals surface area contributed by atoms with Crippen molar-refractivity contribution in [1.29, 1.82) is 0 Å². The average Bonchev–Trinajstić information content (AvgIpc) is 3.73. The molecule has 0 atom stereocenters. The summed E-state index contributed by atoms with van der Waals surface area (Å²) in [6.07, 6.45) is 1.89. The molecule has 1 N–H and O–H groups in total. The number of hydrogen-bond acceptors (Lipinski definition) is 3. The Balaban J connectivity index is 0.00000676. The maximum Gasteiger partial charge on any atom is 0.148 e. The number of phenolic OH excluding ortho intramolecular Hbond substituents is 1. The molecule has 0 bridgehead atoms. The quantitative estimate of drug-likeness (QED) is 0.139. The van der Waals surface area contributed by atoms with Crippen molar-refractivity contribution in [1.82, 2.24) is 14.5 Å². The van der Waals surface area contributed by atoms with E-state index in [0.717, 1.165) is 83.6 Å². The summed E-state index contributed by atoms with van der Waals surface area (Å²) in [6, 6.07) is 57.5. The molecule has 2 heterocycles. The number of imidazole rings is 1. The Morgan fingerprint density at radius 3 is 1.86 bits per heavy atom. The Bertz CT molecular complexity index is 3380. The molecule has 9 aromatic rings. The van der Waals surface area contributed by atoms with Gasteiger partial charge >= 0.3 is 0 Å². The van der Waals surface area contributed by atoms with E-state index in [1.54, 1.807) is 0 Å². The van der Waals surface area contributed by atoms with E-state index in [0.29, 0.717) is 11.4 Å². The maximum atomic E-state index is 12.3. The Morgan fingerprint density at radius 2 is 1.20 bits per heavy atom. The molecule has 0 unspecified atom stereocenters. The smallest absolute Gasteiger partial charge is 0.148 e. The number of rotatable bonds is 10. The average molecular weight is 1100 g/mol. The number of aromatic hydroxyl groups is 1. The van der Waals surface area contributed by atoms with Crippen molar-refractivity contribution in [2.24, 2.45) is 0 Å². The zero-order valence-electron chi connectivity index (χ0n) is 43.8. The van der Waals surface area contributed by atoms with Crippen LogP contribution in [0.2, 0.25) is 0 Å². The summed E-state index contributed by atoms with van der Waals surface area (Å²) < 4.78 is 11.8. The van der Waals surface area contributed by atoms with Crippen LogP contribution >= 0.6 is 0 Å². The van der Waals surface area contributed by atoms with Crippen LogP contribution < -0.4 is 0 Å². The Kier molecular flexibility index (Phi) is 13.8. The molecular weight excluding hydrogens is 1030 g/mol. The van der Waals surface area contributed by atoms with Crippen LogP contribution in [0, 0.1) is 6.07 Å². The second kappa shape index (κ2) is 19.8. The van der Waals surface area contributed by atoms with Crippen molar-refractivity contribution in [3.63, 3.8) is 0 Å². The predicted octanol–water partition coefficient (Wildman–Crippen LogP) is 17.9. The number of para-hydroxylation sites is 1. The van der Waals surface area contributed by atoms with Crippen LogP contribution in [0.15, 0.2) is 158 Å². The number of aromatic nitrogens is 3. The van der Waals surface area contributed by atoms with E-state index in [2.05, 4.69) is 225 Å². The molecule has 0 saturated heterocycles. The zero-order chi connectivity index (χ0) is 49.9. The van der Waals surface area contributed by atoms with Crippen LogP contribution in [0.1, 0.15) is 130 Å². The Labute approximate surface area is 432 Å². The van der Waals surface area contributed by atoms with Gasteiger partial charge in [0, 0.05) is 40.0 Å². The normalized spacial score (nSPS) is 12.4. The van der Waals surface area contributed by atoms with Crippen molar-refractivity contribution < 1.29 is 27.5 Å². The number of benzene rings is 7. The van der Waals surface area contributed by atoms with E-state index in [1.165, 1.54) is 16.7 Å². The number of hydrogen-bond donors (Lipinski definition) is 1. The van der Waals surface area contributed by atoms with E-state index in [9.17, 15) is 6.48 Å². The molecule has 5 heteroatoms. The number of phenols is 1. The van der Waals surface area contributed by atoms with Crippen molar-refractivity contribution in [3.8, 4) is 78.6 Å². The van der Waals surface area contributed by atoms with Gasteiger partial charge in [-0.25, -0.2) is 4.98 Å². The van der Waals surface area contributed by atoms with Gasteiger partial charge in [-0.15, -0.1) is 29.3 Å². The molecule has 0 spiro atoms. The van der Waals surface area contributed by atoms with Gasteiger partial charge in [-0.3, -0.25) is 9.55 Å². The molecule has 0 radical (unpaired) electrons. The minimum atomic E-state index is -0.946. The topological polar surface area (TPSA) is 50.9 Å². The fourth-order valence-corrected chi connectivity index (χ4v) is 9.60. The second-order valence-electron chi connectivity index (χ2n) is 21.6. The molecule has 0 saturated carbocycles. The molecule has 358 valence electrons. The fourth-order valence-electron chi connectivity index (χ4n) is 9.60. The Morgan fingerprint density at radius 1 is 0.557 bits per heavy atom. The van der Waals surface area contributed by atoms with E-state index in [-0.39, 0.29) is 49.5 Å². The maximum absolute atomic E-state index is 12.3. The van der Waals surface area contributed by atoms with Crippen LogP contribution in [0.4, 0.5) is 0 Å². The first-order valence-electron chi connectivity index (χ1n) is 25.0. The molecule has 0 fully saturated rings. The van der Waals surface area contributed by atoms with Gasteiger partial charge in [0.25, 0.3) is 0 Å². The van der Waals surface area contributed by atoms with Gasteiger partial charge in [-0.1, -0.05) is 203 Å². The summed E-state index contributed by atoms with van der Waals surface area (Å²) >= 11 is 0. The molecule has 4 nitrogen and oxygen atoms in total. The van der Waals surface area contributed by atoms with Crippen molar-refractivity contribution in [3.05, 3.63) is 192 Å². The summed E-state index contributed by atoms with van der Waals surface area (Å²) in [5.41, 5.74) is 18.6. The number of pyridine rings is 1. The van der Waals surface area contributed by atoms with Crippen LogP contribution in [-0.4, -0.2) is 19.6 Å². The molecule has 0 aliphatic heterocycles. The third-order valence-corrected chi connectivity index (χ3v) is 13.6. The first-order chi connectivity index (χ1) is 33.2. The van der Waals surface area contributed by atoms with Crippen LogP contribution in [0.3, 0.4) is 0 Å². The van der Waals surface area contributed by atoms with E-state index < -0.39 is 5.89 Å². The van der Waals surface area contributed by atoms with Gasteiger partial charge < -0.3 is 5.11 Å². The van der Waals surface area contributed by atoms with E-state index in [1.807, 2.05) is 26.1 Å². The third-order valence-electron chi connectivity index (χ3n) is 13.6. The summed E-state index contributed by atoms with van der Waals surface area (Å²) in [4.78, 5) is 10.6. The summed E-state index contributed by atoms with van der Waals surface area (Å²) in [6.45, 7) is 26.0. The molecule has 0 aliphatic rings. The van der Waals surface area contributed by atoms with Crippen LogP contribution in [0.25, 0.3) is 83.9 Å². The summed E-state index contributed by atoms with van der Waals surface area (Å²) in [7, 11) is 0. The van der Waals surface area contributed by atoms with Gasteiger partial charge in [-0.05, 0) is 115 Å². The molecule has 70 heavy (non-hydrogen) atoms. The predicted molar refractivity (Wildman–Crippen MR) is 292 cm³/mol. The minimum Gasteiger partial charge on any atom is -0.507 e. The van der Waals surface area contributed by atoms with Gasteiger partial charge in [0.2, 0.25) is 0 Å². The first-order valence-corrected chi connectivity index (χ1v) is 24.5. The van der Waals surface area contributed by atoms with Crippen LogP contribution in [-0.2, 0) is 31.9 Å². The zero-order valence-corrected chi connectivity index (χ0v) is 45.0. The first kappa shape index (κ1) is 48.7. The number of fused-ring (bicyclic) bond motifs is 1. The molecule has 0 aliphatic carbocycles. The molecular formula is C65H66N3OPt-. The standard InChI is InChI=1S/C65H66N3O.Pt/c1-40(2)47-36-56(42(5)6)62(69)57(37-47)63-67-61-52(22-18-24-60(61)68(63)51-29-30-53(55(39-51)41(3)4)54-21-16-17-23-58(54)65(10,11)12)48-33-49(35-50(34-48)64(7,8)9)59-38-46(31-32-66-59)45-27-25-44(26-28-45)43-19-14-13-15-20-43;/h13-32,34-42,69H,1-12H3;/q-1;/i41D;. The minimum absolute atomic E-state index is 0. The molecule has 7 aromatic carbocycles. The van der Waals surface area contributed by atoms with Crippen molar-refractivity contribution in [2.45, 2.75) is 112 Å². The van der Waals surface area contributed by atoms with Crippen molar-refractivity contribution >= 4 is 11.0 Å². The van der Waals surface area contributed by atoms with Crippen molar-refractivity contribution in [2.75, 3.05) is 0 Å². The van der Waals surface area contributed by atoms with E-state index >= 15 is 0 Å². The van der Waals surface area contributed by atoms with Gasteiger partial charge in [-0.2, -0.15) is 0 Å². The second-order valence-corrected chi connectivity index (χ2v) is 21.6.